The second kappa shape index (κ2) is 13.0. The molecule has 1 heteroatoms. The topological polar surface area (TPSA) is 3.24 Å². The molecule has 3 aliphatic rings. The zero-order valence-electron chi connectivity index (χ0n) is 36.7. The average Bonchev–Trinajstić information content (AvgIpc) is 3.82. The smallest absolute Gasteiger partial charge is 0.0729 e. The molecule has 8 aromatic rings. The molecule has 0 N–H and O–H groups in total. The summed E-state index contributed by atoms with van der Waals surface area (Å²) in [5.41, 5.74) is 24.2. The molecule has 1 nitrogen and oxygen atoms in total. The molecule has 11 rings (SSSR count). The summed E-state index contributed by atoms with van der Waals surface area (Å²) in [5.74, 6) is 0. The van der Waals surface area contributed by atoms with Gasteiger partial charge in [-0.2, -0.15) is 0 Å². The minimum absolute atomic E-state index is 0.0547. The van der Waals surface area contributed by atoms with Crippen LogP contribution < -0.4 is 4.90 Å². The molecule has 0 bridgehead atoms. The minimum Gasteiger partial charge on any atom is -0.310 e. The van der Waals surface area contributed by atoms with Crippen molar-refractivity contribution in [3.8, 4) is 44.5 Å². The first kappa shape index (κ1) is 37.6. The van der Waals surface area contributed by atoms with Gasteiger partial charge in [0, 0.05) is 22.4 Å². The summed E-state index contributed by atoms with van der Waals surface area (Å²) in [6.45, 7) is 19.1. The van der Waals surface area contributed by atoms with Gasteiger partial charge in [-0.15, -0.1) is 0 Å². The standard InChI is InChI=1S/C60H53N/c1-57(2,3)50-34-35-51(58(4,5)6)56-55(50)46-25-14-18-28-49(46)60(56)48-27-17-13-24-43(48)45-33-31-40(37-53(45)60)61(54-29-19-15-22-41(54)38-20-10-9-11-21-38)39-30-32-44-42-23-12-16-26-47(42)59(7,8)52(44)36-39/h9-37H,1-8H3. The van der Waals surface area contributed by atoms with Gasteiger partial charge < -0.3 is 4.90 Å². The van der Waals surface area contributed by atoms with Crippen LogP contribution in [0.3, 0.4) is 0 Å². The Hall–Kier alpha value is -6.44. The van der Waals surface area contributed by atoms with Crippen molar-refractivity contribution in [1.29, 1.82) is 0 Å². The predicted octanol–water partition coefficient (Wildman–Crippen LogP) is 16.1. The molecular formula is C60H53N. The Bertz CT molecular complexity index is 3080. The molecule has 3 aliphatic carbocycles. The Labute approximate surface area is 362 Å². The number of para-hydroxylation sites is 1. The summed E-state index contributed by atoms with van der Waals surface area (Å²) in [4.78, 5) is 2.54. The fourth-order valence-electron chi connectivity index (χ4n) is 11.4. The van der Waals surface area contributed by atoms with Crippen molar-refractivity contribution in [2.45, 2.75) is 77.0 Å². The third-order valence-corrected chi connectivity index (χ3v) is 14.1. The normalized spacial score (nSPS) is 16.4. The predicted molar refractivity (Wildman–Crippen MR) is 258 cm³/mol. The van der Waals surface area contributed by atoms with Crippen molar-refractivity contribution in [1.82, 2.24) is 0 Å². The summed E-state index contributed by atoms with van der Waals surface area (Å²) >= 11 is 0. The van der Waals surface area contributed by atoms with Crippen molar-refractivity contribution in [2.75, 3.05) is 4.90 Å². The highest BCUT2D eigenvalue weighted by atomic mass is 15.1. The van der Waals surface area contributed by atoms with Crippen LogP contribution in [0.1, 0.15) is 99.9 Å². The fourth-order valence-corrected chi connectivity index (χ4v) is 11.4. The summed E-state index contributed by atoms with van der Waals surface area (Å²) in [5, 5.41) is 0. The average molecular weight is 788 g/mol. The fraction of sp³-hybridized carbons (Fsp3) is 0.200. The molecule has 1 atom stereocenters. The van der Waals surface area contributed by atoms with Crippen LogP contribution in [0, 0.1) is 0 Å². The Balaban J connectivity index is 1.24. The highest BCUT2D eigenvalue weighted by Crippen LogP contribution is 2.66. The number of hydrogen-bond donors (Lipinski definition) is 0. The SMILES string of the molecule is CC(C)(C)c1ccc(C(C)(C)C)c2c1-c1ccccc1C21c2ccccc2-c2ccc(N(c3ccc4c(c3)C(C)(C)c3ccccc3-4)c3ccccc3-c3ccccc3)cc21. The van der Waals surface area contributed by atoms with E-state index in [0.717, 1.165) is 17.1 Å². The number of rotatable bonds is 4. The number of nitrogens with zero attached hydrogens (tertiary/aromatic N) is 1. The first-order valence-electron chi connectivity index (χ1n) is 22.0. The molecule has 0 saturated carbocycles. The molecule has 61 heavy (non-hydrogen) atoms. The van der Waals surface area contributed by atoms with Gasteiger partial charge in [0.25, 0.3) is 0 Å². The first-order chi connectivity index (χ1) is 29.3. The van der Waals surface area contributed by atoms with Gasteiger partial charge in [0.1, 0.15) is 0 Å². The Morgan fingerprint density at radius 3 is 1.48 bits per heavy atom. The summed E-state index contributed by atoms with van der Waals surface area (Å²) in [7, 11) is 0. The highest BCUT2D eigenvalue weighted by Gasteiger charge is 2.54. The van der Waals surface area contributed by atoms with Crippen LogP contribution in [-0.2, 0) is 21.7 Å². The monoisotopic (exact) mass is 787 g/mol. The second-order valence-electron chi connectivity index (χ2n) is 20.1. The van der Waals surface area contributed by atoms with E-state index in [2.05, 4.69) is 236 Å². The number of benzene rings is 8. The third-order valence-electron chi connectivity index (χ3n) is 14.1. The van der Waals surface area contributed by atoms with Gasteiger partial charge in [-0.05, 0) is 125 Å². The van der Waals surface area contributed by atoms with Crippen molar-refractivity contribution >= 4 is 17.1 Å². The lowest BCUT2D eigenvalue weighted by molar-refractivity contribution is 0.565. The van der Waals surface area contributed by atoms with E-state index in [9.17, 15) is 0 Å². The summed E-state index contributed by atoms with van der Waals surface area (Å²) < 4.78 is 0. The van der Waals surface area contributed by atoms with Crippen LogP contribution in [-0.4, -0.2) is 0 Å². The molecule has 0 aromatic heterocycles. The van der Waals surface area contributed by atoms with Crippen LogP contribution in [0.15, 0.2) is 176 Å². The highest BCUT2D eigenvalue weighted by molar-refractivity contribution is 5.99. The molecule has 0 fully saturated rings. The lowest BCUT2D eigenvalue weighted by Gasteiger charge is -2.37. The van der Waals surface area contributed by atoms with E-state index >= 15 is 0 Å². The van der Waals surface area contributed by atoms with E-state index in [-0.39, 0.29) is 16.2 Å². The van der Waals surface area contributed by atoms with Gasteiger partial charge in [0.15, 0.2) is 0 Å². The van der Waals surface area contributed by atoms with Crippen molar-refractivity contribution < 1.29 is 0 Å². The minimum atomic E-state index is -0.510. The number of hydrogen-bond acceptors (Lipinski definition) is 1. The Morgan fingerprint density at radius 2 is 0.836 bits per heavy atom. The van der Waals surface area contributed by atoms with Gasteiger partial charge in [0.05, 0.1) is 11.1 Å². The maximum atomic E-state index is 2.56. The Morgan fingerprint density at radius 1 is 0.377 bits per heavy atom. The van der Waals surface area contributed by atoms with E-state index in [0.29, 0.717) is 0 Å². The molecule has 0 saturated heterocycles. The van der Waals surface area contributed by atoms with Crippen molar-refractivity contribution in [2.24, 2.45) is 0 Å². The van der Waals surface area contributed by atoms with Gasteiger partial charge in [-0.3, -0.25) is 0 Å². The van der Waals surface area contributed by atoms with Gasteiger partial charge >= 0.3 is 0 Å². The molecule has 1 unspecified atom stereocenters. The van der Waals surface area contributed by atoms with E-state index in [1.807, 2.05) is 0 Å². The van der Waals surface area contributed by atoms with E-state index in [1.165, 1.54) is 89.0 Å². The molecule has 1 spiro atoms. The van der Waals surface area contributed by atoms with Crippen molar-refractivity contribution in [3.05, 3.63) is 220 Å². The number of fused-ring (bicyclic) bond motifs is 13. The molecule has 0 heterocycles. The van der Waals surface area contributed by atoms with Gasteiger partial charge in [-0.25, -0.2) is 0 Å². The van der Waals surface area contributed by atoms with Crippen LogP contribution in [0.25, 0.3) is 44.5 Å². The van der Waals surface area contributed by atoms with Crippen LogP contribution in [0.2, 0.25) is 0 Å². The molecular weight excluding hydrogens is 735 g/mol. The molecule has 0 aliphatic heterocycles. The maximum absolute atomic E-state index is 2.56. The summed E-state index contributed by atoms with van der Waals surface area (Å²) in [6.07, 6.45) is 0. The largest absolute Gasteiger partial charge is 0.310 e. The van der Waals surface area contributed by atoms with Gasteiger partial charge in [-0.1, -0.05) is 201 Å². The second-order valence-corrected chi connectivity index (χ2v) is 20.1. The summed E-state index contributed by atoms with van der Waals surface area (Å²) in [6, 6.07) is 66.8. The lowest BCUT2D eigenvalue weighted by atomic mass is 9.65. The molecule has 298 valence electrons. The van der Waals surface area contributed by atoms with Crippen LogP contribution in [0.5, 0.6) is 0 Å². The molecule has 0 radical (unpaired) electrons. The Kier molecular flexibility index (Phi) is 8.02. The zero-order chi connectivity index (χ0) is 42.1. The third kappa shape index (κ3) is 5.26. The van der Waals surface area contributed by atoms with Crippen molar-refractivity contribution in [3.63, 3.8) is 0 Å². The van der Waals surface area contributed by atoms with E-state index < -0.39 is 5.41 Å². The van der Waals surface area contributed by atoms with E-state index in [1.54, 1.807) is 0 Å². The first-order valence-corrected chi connectivity index (χ1v) is 22.0. The molecule has 0 amide bonds. The lowest BCUT2D eigenvalue weighted by Crippen LogP contribution is -2.30. The van der Waals surface area contributed by atoms with Crippen LogP contribution >= 0.6 is 0 Å². The zero-order valence-corrected chi connectivity index (χ0v) is 36.7. The maximum Gasteiger partial charge on any atom is 0.0729 e. The molecule has 8 aromatic carbocycles. The van der Waals surface area contributed by atoms with Gasteiger partial charge in [0.2, 0.25) is 0 Å². The van der Waals surface area contributed by atoms with Crippen LogP contribution in [0.4, 0.5) is 17.1 Å². The quantitative estimate of drug-likeness (QED) is 0.172. The van der Waals surface area contributed by atoms with E-state index in [4.69, 9.17) is 0 Å². The number of anilines is 3.